The topological polar surface area (TPSA) is 64.6 Å². The monoisotopic (exact) mass is 293 g/mol. The number of Topliss-reactive ketones (excluding diaryl/α,β-unsaturated/α-hetero) is 1. The summed E-state index contributed by atoms with van der Waals surface area (Å²) >= 11 is 0. The number of ketones is 1. The van der Waals surface area contributed by atoms with Crippen LogP contribution in [0.5, 0.6) is 5.75 Å². The van der Waals surface area contributed by atoms with Gasteiger partial charge in [0.25, 0.3) is 0 Å². The Labute approximate surface area is 125 Å². The van der Waals surface area contributed by atoms with Crippen molar-refractivity contribution in [3.8, 4) is 5.75 Å². The summed E-state index contributed by atoms with van der Waals surface area (Å²) in [4.78, 5) is 23.9. The molecule has 0 amide bonds. The summed E-state index contributed by atoms with van der Waals surface area (Å²) < 4.78 is 10.1. The number of hydrogen-bond donors (Lipinski definition) is 1. The van der Waals surface area contributed by atoms with E-state index in [9.17, 15) is 9.59 Å². The highest BCUT2D eigenvalue weighted by Gasteiger charge is 2.24. The molecular formula is C16H23NO4. The van der Waals surface area contributed by atoms with E-state index in [0.717, 1.165) is 16.9 Å². The Morgan fingerprint density at radius 1 is 1.24 bits per heavy atom. The van der Waals surface area contributed by atoms with Crippen molar-refractivity contribution in [1.82, 2.24) is 5.32 Å². The van der Waals surface area contributed by atoms with Crippen LogP contribution < -0.4 is 10.1 Å². The highest BCUT2D eigenvalue weighted by atomic mass is 16.5. The van der Waals surface area contributed by atoms with E-state index in [1.807, 2.05) is 32.9 Å². The minimum absolute atomic E-state index is 0.0114. The Bertz CT molecular complexity index is 525. The van der Waals surface area contributed by atoms with Crippen LogP contribution in [0.15, 0.2) is 12.1 Å². The fourth-order valence-corrected chi connectivity index (χ4v) is 2.13. The highest BCUT2D eigenvalue weighted by molar-refractivity contribution is 6.03. The van der Waals surface area contributed by atoms with Crippen molar-refractivity contribution in [1.29, 1.82) is 0 Å². The van der Waals surface area contributed by atoms with E-state index in [4.69, 9.17) is 4.74 Å². The lowest BCUT2D eigenvalue weighted by Gasteiger charge is -2.17. The number of carbonyl (C=O) groups excluding carboxylic acids is 2. The molecule has 1 atom stereocenters. The van der Waals surface area contributed by atoms with Gasteiger partial charge in [0, 0.05) is 5.56 Å². The Morgan fingerprint density at radius 3 is 2.43 bits per heavy atom. The maximum atomic E-state index is 12.6. The average Bonchev–Trinajstić information content (AvgIpc) is 2.47. The molecule has 5 heteroatoms. The second-order valence-electron chi connectivity index (χ2n) is 4.85. The molecule has 0 aromatic heterocycles. The van der Waals surface area contributed by atoms with Gasteiger partial charge in [0.15, 0.2) is 5.78 Å². The molecule has 21 heavy (non-hydrogen) atoms. The van der Waals surface area contributed by atoms with Crippen molar-refractivity contribution in [2.75, 3.05) is 20.8 Å². The summed E-state index contributed by atoms with van der Waals surface area (Å²) in [7, 11) is 2.97. The molecule has 116 valence electrons. The largest absolute Gasteiger partial charge is 0.494 e. The Balaban J connectivity index is 3.05. The predicted octanol–water partition coefficient (Wildman–Crippen LogP) is 2.04. The number of ether oxygens (including phenoxy) is 2. The molecule has 0 saturated heterocycles. The quantitative estimate of drug-likeness (QED) is 0.615. The molecular weight excluding hydrogens is 270 g/mol. The third kappa shape index (κ3) is 4.29. The number of esters is 1. The first-order chi connectivity index (χ1) is 9.94. The third-order valence-electron chi connectivity index (χ3n) is 3.35. The SMILES string of the molecule is CCOc1cc(C)c(C(=O)C(CC(=O)OC)NC)cc1C. The van der Waals surface area contributed by atoms with Crippen LogP contribution in [0.2, 0.25) is 0 Å². The van der Waals surface area contributed by atoms with E-state index in [1.165, 1.54) is 7.11 Å². The van der Waals surface area contributed by atoms with Crippen LogP contribution in [0.1, 0.15) is 34.8 Å². The number of carbonyl (C=O) groups is 2. The molecule has 0 heterocycles. The van der Waals surface area contributed by atoms with Gasteiger partial charge in [-0.15, -0.1) is 0 Å². The zero-order valence-electron chi connectivity index (χ0n) is 13.3. The zero-order chi connectivity index (χ0) is 16.0. The van der Waals surface area contributed by atoms with Crippen molar-refractivity contribution in [3.05, 3.63) is 28.8 Å². The molecule has 0 bridgehead atoms. The number of rotatable bonds is 7. The van der Waals surface area contributed by atoms with Gasteiger partial charge in [-0.05, 0) is 51.1 Å². The molecule has 0 spiro atoms. The van der Waals surface area contributed by atoms with Gasteiger partial charge in [0.05, 0.1) is 26.2 Å². The first-order valence-electron chi connectivity index (χ1n) is 6.96. The van der Waals surface area contributed by atoms with Gasteiger partial charge in [-0.1, -0.05) is 0 Å². The van der Waals surface area contributed by atoms with Crippen LogP contribution in [0, 0.1) is 13.8 Å². The van der Waals surface area contributed by atoms with Gasteiger partial charge in [0.2, 0.25) is 0 Å². The maximum absolute atomic E-state index is 12.6. The van der Waals surface area contributed by atoms with Crippen molar-refractivity contribution in [3.63, 3.8) is 0 Å². The number of likely N-dealkylation sites (N-methyl/N-ethyl adjacent to an activating group) is 1. The molecule has 1 unspecified atom stereocenters. The van der Waals surface area contributed by atoms with Gasteiger partial charge < -0.3 is 14.8 Å². The van der Waals surface area contributed by atoms with E-state index >= 15 is 0 Å². The molecule has 0 aliphatic heterocycles. The first-order valence-corrected chi connectivity index (χ1v) is 6.96. The third-order valence-corrected chi connectivity index (χ3v) is 3.35. The van der Waals surface area contributed by atoms with Gasteiger partial charge in [-0.2, -0.15) is 0 Å². The Hall–Kier alpha value is -1.88. The molecule has 0 fully saturated rings. The molecule has 5 nitrogen and oxygen atoms in total. The van der Waals surface area contributed by atoms with Crippen molar-refractivity contribution >= 4 is 11.8 Å². The molecule has 1 aromatic carbocycles. The van der Waals surface area contributed by atoms with Crippen LogP contribution in [-0.4, -0.2) is 38.6 Å². The number of nitrogens with one attached hydrogen (secondary N) is 1. The van der Waals surface area contributed by atoms with Crippen molar-refractivity contribution < 1.29 is 19.1 Å². The summed E-state index contributed by atoms with van der Waals surface area (Å²) in [5.74, 6) is 0.245. The second-order valence-corrected chi connectivity index (χ2v) is 4.85. The first kappa shape index (κ1) is 17.2. The van der Waals surface area contributed by atoms with Gasteiger partial charge in [-0.25, -0.2) is 0 Å². The number of hydrogen-bond acceptors (Lipinski definition) is 5. The molecule has 0 aliphatic carbocycles. The van der Waals surface area contributed by atoms with Crippen LogP contribution in [0.4, 0.5) is 0 Å². The molecule has 0 aliphatic rings. The summed E-state index contributed by atoms with van der Waals surface area (Å²) in [5, 5.41) is 2.87. The van der Waals surface area contributed by atoms with Crippen LogP contribution in [0.25, 0.3) is 0 Å². The number of benzene rings is 1. The summed E-state index contributed by atoms with van der Waals surface area (Å²) in [5.41, 5.74) is 2.33. The fourth-order valence-electron chi connectivity index (χ4n) is 2.13. The number of aryl methyl sites for hydroxylation is 2. The predicted molar refractivity (Wildman–Crippen MR) is 80.9 cm³/mol. The van der Waals surface area contributed by atoms with E-state index < -0.39 is 12.0 Å². The van der Waals surface area contributed by atoms with Crippen LogP contribution in [0.3, 0.4) is 0 Å². The summed E-state index contributed by atoms with van der Waals surface area (Å²) in [6.07, 6.45) is 0.0114. The Morgan fingerprint density at radius 2 is 1.90 bits per heavy atom. The molecule has 1 N–H and O–H groups in total. The normalized spacial score (nSPS) is 11.9. The van der Waals surface area contributed by atoms with Gasteiger partial charge >= 0.3 is 5.97 Å². The van der Waals surface area contributed by atoms with Crippen LogP contribution in [-0.2, 0) is 9.53 Å². The highest BCUT2D eigenvalue weighted by Crippen LogP contribution is 2.24. The molecule has 1 rings (SSSR count). The van der Waals surface area contributed by atoms with Crippen LogP contribution >= 0.6 is 0 Å². The lowest BCUT2D eigenvalue weighted by atomic mass is 9.95. The molecule has 0 saturated carbocycles. The standard InChI is InChI=1S/C16H23NO4/c1-6-21-14-8-10(2)12(7-11(14)3)16(19)13(17-4)9-15(18)20-5/h7-8,13,17H,6,9H2,1-5H3. The van der Waals surface area contributed by atoms with E-state index in [-0.39, 0.29) is 12.2 Å². The molecule has 1 aromatic rings. The number of methoxy groups -OCH3 is 1. The van der Waals surface area contributed by atoms with Crippen molar-refractivity contribution in [2.24, 2.45) is 0 Å². The summed E-state index contributed by atoms with van der Waals surface area (Å²) in [6, 6.07) is 3.08. The summed E-state index contributed by atoms with van der Waals surface area (Å²) in [6.45, 7) is 6.26. The second kappa shape index (κ2) is 7.78. The zero-order valence-corrected chi connectivity index (χ0v) is 13.3. The molecule has 0 radical (unpaired) electrons. The lowest BCUT2D eigenvalue weighted by Crippen LogP contribution is -2.36. The fraction of sp³-hybridized carbons (Fsp3) is 0.500. The van der Waals surface area contributed by atoms with E-state index in [0.29, 0.717) is 12.2 Å². The van der Waals surface area contributed by atoms with Gasteiger partial charge in [-0.3, -0.25) is 9.59 Å². The minimum Gasteiger partial charge on any atom is -0.494 e. The minimum atomic E-state index is -0.589. The smallest absolute Gasteiger partial charge is 0.307 e. The lowest BCUT2D eigenvalue weighted by molar-refractivity contribution is -0.140. The van der Waals surface area contributed by atoms with Gasteiger partial charge in [0.1, 0.15) is 5.75 Å². The Kier molecular flexibility index (Phi) is 6.37. The van der Waals surface area contributed by atoms with E-state index in [2.05, 4.69) is 10.1 Å². The van der Waals surface area contributed by atoms with Crippen molar-refractivity contribution in [2.45, 2.75) is 33.2 Å². The maximum Gasteiger partial charge on any atom is 0.307 e. The average molecular weight is 293 g/mol. The van der Waals surface area contributed by atoms with E-state index in [1.54, 1.807) is 7.05 Å².